The van der Waals surface area contributed by atoms with Gasteiger partial charge in [0, 0.05) is 23.9 Å². The molecular weight excluding hydrogens is 266 g/mol. The lowest BCUT2D eigenvalue weighted by Gasteiger charge is -2.34. The van der Waals surface area contributed by atoms with Gasteiger partial charge in [0.1, 0.15) is 16.5 Å². The van der Waals surface area contributed by atoms with Crippen LogP contribution in [-0.4, -0.2) is 22.6 Å². The molecule has 108 valence electrons. The van der Waals surface area contributed by atoms with Gasteiger partial charge in [-0.15, -0.1) is 11.3 Å². The van der Waals surface area contributed by atoms with Gasteiger partial charge in [-0.05, 0) is 38.7 Å². The molecule has 0 amide bonds. The van der Waals surface area contributed by atoms with Crippen LogP contribution in [0.3, 0.4) is 0 Å². The summed E-state index contributed by atoms with van der Waals surface area (Å²) in [4.78, 5) is 14.7. The molecule has 2 aromatic rings. The van der Waals surface area contributed by atoms with E-state index in [1.165, 1.54) is 40.2 Å². The molecule has 4 heteroatoms. The first-order valence-corrected chi connectivity index (χ1v) is 8.60. The predicted molar refractivity (Wildman–Crippen MR) is 86.8 cm³/mol. The zero-order valence-electron chi connectivity index (χ0n) is 12.6. The van der Waals surface area contributed by atoms with Gasteiger partial charge < -0.3 is 4.90 Å². The number of aromatic nitrogens is 2. The van der Waals surface area contributed by atoms with Crippen molar-refractivity contribution < 1.29 is 0 Å². The third-order valence-corrected chi connectivity index (χ3v) is 5.38. The summed E-state index contributed by atoms with van der Waals surface area (Å²) in [6.45, 7) is 7.81. The Bertz CT molecular complexity index is 605. The molecule has 1 fully saturated rings. The van der Waals surface area contributed by atoms with Gasteiger partial charge in [0.05, 0.1) is 5.39 Å². The lowest BCUT2D eigenvalue weighted by Crippen LogP contribution is -2.38. The Morgan fingerprint density at radius 1 is 1.25 bits per heavy atom. The summed E-state index contributed by atoms with van der Waals surface area (Å²) in [5, 5.41) is 1.26. The summed E-state index contributed by atoms with van der Waals surface area (Å²) in [5.74, 6) is 2.16. The first kappa shape index (κ1) is 13.8. The maximum absolute atomic E-state index is 4.86. The van der Waals surface area contributed by atoms with Gasteiger partial charge >= 0.3 is 0 Å². The minimum atomic E-state index is 0.594. The largest absolute Gasteiger partial charge is 0.353 e. The molecule has 0 N–H and O–H groups in total. The summed E-state index contributed by atoms with van der Waals surface area (Å²) in [6.07, 6.45) is 5.89. The van der Waals surface area contributed by atoms with Crippen molar-refractivity contribution in [2.45, 2.75) is 58.9 Å². The van der Waals surface area contributed by atoms with Gasteiger partial charge in [0.2, 0.25) is 0 Å². The number of aryl methyl sites for hydroxylation is 2. The highest BCUT2D eigenvalue weighted by Gasteiger charge is 2.23. The zero-order valence-corrected chi connectivity index (χ0v) is 13.5. The van der Waals surface area contributed by atoms with E-state index < -0.39 is 0 Å². The molecule has 1 unspecified atom stereocenters. The quantitative estimate of drug-likeness (QED) is 0.848. The maximum atomic E-state index is 4.86. The standard InChI is InChI=1S/C16H23N3S/c1-4-12-10-13-15(19-9-7-6-8-11(19)3)17-14(5-2)18-16(13)20-12/h10-11H,4-9H2,1-3H3. The molecule has 1 atom stereocenters. The van der Waals surface area contributed by atoms with Gasteiger partial charge in [0.15, 0.2) is 0 Å². The summed E-state index contributed by atoms with van der Waals surface area (Å²) >= 11 is 1.83. The average Bonchev–Trinajstić information content (AvgIpc) is 2.90. The highest BCUT2D eigenvalue weighted by atomic mass is 32.1. The van der Waals surface area contributed by atoms with Crippen LogP contribution >= 0.6 is 11.3 Å². The molecule has 0 bridgehead atoms. The molecular formula is C16H23N3S. The van der Waals surface area contributed by atoms with E-state index in [2.05, 4.69) is 31.7 Å². The van der Waals surface area contributed by atoms with Gasteiger partial charge in [-0.2, -0.15) is 0 Å². The van der Waals surface area contributed by atoms with E-state index >= 15 is 0 Å². The fourth-order valence-electron chi connectivity index (χ4n) is 2.96. The number of anilines is 1. The lowest BCUT2D eigenvalue weighted by atomic mass is 10.0. The summed E-state index contributed by atoms with van der Waals surface area (Å²) in [7, 11) is 0. The Morgan fingerprint density at radius 3 is 2.80 bits per heavy atom. The number of hydrogen-bond acceptors (Lipinski definition) is 4. The first-order chi connectivity index (χ1) is 9.72. The van der Waals surface area contributed by atoms with Crippen molar-refractivity contribution in [2.75, 3.05) is 11.4 Å². The van der Waals surface area contributed by atoms with Crippen molar-refractivity contribution in [1.82, 2.24) is 9.97 Å². The van der Waals surface area contributed by atoms with Crippen LogP contribution in [0.2, 0.25) is 0 Å². The van der Waals surface area contributed by atoms with E-state index in [9.17, 15) is 0 Å². The molecule has 3 nitrogen and oxygen atoms in total. The molecule has 20 heavy (non-hydrogen) atoms. The highest BCUT2D eigenvalue weighted by Crippen LogP contribution is 2.34. The third kappa shape index (κ3) is 2.41. The minimum absolute atomic E-state index is 0.594. The molecule has 0 radical (unpaired) electrons. The number of nitrogens with zero attached hydrogens (tertiary/aromatic N) is 3. The SMILES string of the molecule is CCc1nc(N2CCCCC2C)c2cc(CC)sc2n1. The summed E-state index contributed by atoms with van der Waals surface area (Å²) < 4.78 is 0. The monoisotopic (exact) mass is 289 g/mol. The Labute approximate surface area is 125 Å². The molecule has 1 saturated heterocycles. The molecule has 0 spiro atoms. The second-order valence-corrected chi connectivity index (χ2v) is 6.76. The van der Waals surface area contributed by atoms with E-state index in [1.54, 1.807) is 0 Å². The number of hydrogen-bond donors (Lipinski definition) is 0. The number of thiophene rings is 1. The highest BCUT2D eigenvalue weighted by molar-refractivity contribution is 7.18. The Kier molecular flexibility index (Phi) is 3.92. The molecule has 0 aromatic carbocycles. The van der Waals surface area contributed by atoms with Gasteiger partial charge in [-0.1, -0.05) is 13.8 Å². The summed E-state index contributed by atoms with van der Waals surface area (Å²) in [5.41, 5.74) is 0. The molecule has 3 rings (SSSR count). The van der Waals surface area contributed by atoms with Crippen LogP contribution in [0.25, 0.3) is 10.2 Å². The zero-order chi connectivity index (χ0) is 14.1. The lowest BCUT2D eigenvalue weighted by molar-refractivity contribution is 0.482. The van der Waals surface area contributed by atoms with Gasteiger partial charge in [-0.3, -0.25) is 0 Å². The van der Waals surface area contributed by atoms with Crippen LogP contribution in [0.15, 0.2) is 6.07 Å². The van der Waals surface area contributed by atoms with Crippen molar-refractivity contribution >= 4 is 27.4 Å². The van der Waals surface area contributed by atoms with E-state index in [0.29, 0.717) is 6.04 Å². The number of rotatable bonds is 3. The van der Waals surface area contributed by atoms with Crippen LogP contribution in [0.1, 0.15) is 50.7 Å². The Morgan fingerprint density at radius 2 is 2.10 bits per heavy atom. The Hall–Kier alpha value is -1.16. The molecule has 0 saturated carbocycles. The van der Waals surface area contributed by atoms with E-state index in [0.717, 1.165) is 25.2 Å². The van der Waals surface area contributed by atoms with E-state index in [4.69, 9.17) is 9.97 Å². The molecule has 3 heterocycles. The van der Waals surface area contributed by atoms with Gasteiger partial charge in [0.25, 0.3) is 0 Å². The first-order valence-electron chi connectivity index (χ1n) is 7.78. The van der Waals surface area contributed by atoms with E-state index in [-0.39, 0.29) is 0 Å². The fourth-order valence-corrected chi connectivity index (χ4v) is 3.94. The van der Waals surface area contributed by atoms with E-state index in [1.807, 2.05) is 11.3 Å². The topological polar surface area (TPSA) is 29.0 Å². The van der Waals surface area contributed by atoms with Crippen molar-refractivity contribution in [3.8, 4) is 0 Å². The number of fused-ring (bicyclic) bond motifs is 1. The van der Waals surface area contributed by atoms with Crippen molar-refractivity contribution in [3.05, 3.63) is 16.8 Å². The Balaban J connectivity index is 2.13. The number of piperidine rings is 1. The smallest absolute Gasteiger partial charge is 0.141 e. The fraction of sp³-hybridized carbons (Fsp3) is 0.625. The molecule has 2 aromatic heterocycles. The second-order valence-electron chi connectivity index (χ2n) is 5.64. The second kappa shape index (κ2) is 5.68. The summed E-state index contributed by atoms with van der Waals surface area (Å²) in [6, 6.07) is 2.90. The van der Waals surface area contributed by atoms with Crippen LogP contribution in [-0.2, 0) is 12.8 Å². The average molecular weight is 289 g/mol. The van der Waals surface area contributed by atoms with Gasteiger partial charge in [-0.25, -0.2) is 9.97 Å². The third-order valence-electron chi connectivity index (χ3n) is 4.21. The molecule has 0 aliphatic carbocycles. The van der Waals surface area contributed by atoms with Crippen LogP contribution < -0.4 is 4.90 Å². The van der Waals surface area contributed by atoms with Crippen molar-refractivity contribution in [1.29, 1.82) is 0 Å². The normalized spacial score (nSPS) is 19.8. The predicted octanol–water partition coefficient (Wildman–Crippen LogP) is 4.19. The maximum Gasteiger partial charge on any atom is 0.141 e. The van der Waals surface area contributed by atoms with Crippen LogP contribution in [0.4, 0.5) is 5.82 Å². The van der Waals surface area contributed by atoms with Crippen molar-refractivity contribution in [2.24, 2.45) is 0 Å². The molecule has 1 aliphatic heterocycles. The van der Waals surface area contributed by atoms with Crippen LogP contribution in [0, 0.1) is 0 Å². The van der Waals surface area contributed by atoms with Crippen LogP contribution in [0.5, 0.6) is 0 Å². The minimum Gasteiger partial charge on any atom is -0.353 e. The molecule has 1 aliphatic rings. The van der Waals surface area contributed by atoms with Crippen molar-refractivity contribution in [3.63, 3.8) is 0 Å².